The lowest BCUT2D eigenvalue weighted by atomic mass is 9.85. The van der Waals surface area contributed by atoms with Gasteiger partial charge in [-0.05, 0) is 43.5 Å². The molecule has 4 nitrogen and oxygen atoms in total. The molecule has 1 aliphatic heterocycles. The van der Waals surface area contributed by atoms with E-state index in [9.17, 15) is 4.79 Å². The zero-order valence-electron chi connectivity index (χ0n) is 17.1. The number of piperidine rings is 1. The Morgan fingerprint density at radius 3 is 2.12 bits per heavy atom. The number of esters is 1. The molecule has 2 aromatic carbocycles. The van der Waals surface area contributed by atoms with Crippen molar-refractivity contribution in [1.82, 2.24) is 5.32 Å². The molecule has 3 rings (SSSR count). The largest absolute Gasteiger partial charge is 0.460 e. The first-order valence-electron chi connectivity index (χ1n) is 10.2. The maximum atomic E-state index is 13.6. The van der Waals surface area contributed by atoms with E-state index in [4.69, 9.17) is 12.2 Å². The van der Waals surface area contributed by atoms with Crippen LogP contribution in [-0.4, -0.2) is 31.7 Å². The molecule has 1 aliphatic rings. The quantitative estimate of drug-likeness (QED) is 0.770. The first-order valence-corrected chi connectivity index (χ1v) is 9.21. The third-order valence-corrected chi connectivity index (χ3v) is 4.58. The van der Waals surface area contributed by atoms with Crippen LogP contribution in [-0.2, 0) is 19.9 Å². The van der Waals surface area contributed by atoms with Gasteiger partial charge in [-0.25, -0.2) is 4.79 Å². The summed E-state index contributed by atoms with van der Waals surface area (Å²) in [6.45, 7) is 1.27. The lowest BCUT2D eigenvalue weighted by Crippen LogP contribution is -2.45. The van der Waals surface area contributed by atoms with Crippen LogP contribution in [0.25, 0.3) is 0 Å². The Hall–Kier alpha value is -2.17. The van der Waals surface area contributed by atoms with Crippen molar-refractivity contribution in [1.29, 1.82) is 0 Å². The predicted molar refractivity (Wildman–Crippen MR) is 102 cm³/mol. The summed E-state index contributed by atoms with van der Waals surface area (Å²) in [4.78, 5) is 13.6. The highest BCUT2D eigenvalue weighted by molar-refractivity contribution is 5.86. The Kier molecular flexibility index (Phi) is 5.53. The molecule has 0 bridgehead atoms. The highest BCUT2D eigenvalue weighted by Crippen LogP contribution is 2.36. The molecule has 0 spiro atoms. The fraction of sp³-hybridized carbons (Fsp3) is 0.409. The van der Waals surface area contributed by atoms with Gasteiger partial charge in [0.2, 0.25) is 5.60 Å². The minimum atomic E-state index is -2.00. The summed E-state index contributed by atoms with van der Waals surface area (Å²) in [5.74, 6) is -0.575. The van der Waals surface area contributed by atoms with Gasteiger partial charge in [-0.1, -0.05) is 67.6 Å². The second kappa shape index (κ2) is 8.97. The van der Waals surface area contributed by atoms with Gasteiger partial charge >= 0.3 is 5.97 Å². The summed E-state index contributed by atoms with van der Waals surface area (Å²) in [5, 5.41) is 3.25. The number of ether oxygens (including phenoxy) is 2. The van der Waals surface area contributed by atoms with Gasteiger partial charge in [0.05, 0.1) is 2.74 Å². The predicted octanol–water partition coefficient (Wildman–Crippen LogP) is 3.65. The number of nitrogens with one attached hydrogen (secondary N) is 1. The van der Waals surface area contributed by atoms with Gasteiger partial charge in [-0.15, -0.1) is 0 Å². The monoisotopic (exact) mass is 355 g/mol. The number of hydrogen-bond donors (Lipinski definition) is 1. The van der Waals surface area contributed by atoms with Gasteiger partial charge < -0.3 is 14.8 Å². The van der Waals surface area contributed by atoms with Crippen LogP contribution >= 0.6 is 0 Å². The number of carbonyl (C=O) groups excluding carboxylic acids is 1. The van der Waals surface area contributed by atoms with Crippen molar-refractivity contribution in [2.75, 3.05) is 19.6 Å². The van der Waals surface area contributed by atoms with Crippen molar-refractivity contribution in [3.63, 3.8) is 0 Å². The number of carbonyl (C=O) groups is 1. The maximum absolute atomic E-state index is 13.6. The van der Waals surface area contributed by atoms with Gasteiger partial charge in [0.1, 0.15) is 6.10 Å². The van der Waals surface area contributed by atoms with Crippen LogP contribution in [0.5, 0.6) is 0 Å². The van der Waals surface area contributed by atoms with E-state index in [0.29, 0.717) is 11.1 Å². The molecule has 0 atom stereocenters. The average Bonchev–Trinajstić information content (AvgIpc) is 2.74. The normalized spacial score (nSPS) is 17.3. The van der Waals surface area contributed by atoms with Gasteiger partial charge in [-0.3, -0.25) is 0 Å². The van der Waals surface area contributed by atoms with Crippen molar-refractivity contribution in [2.24, 2.45) is 0 Å². The number of rotatable bonds is 7. The Labute approximate surface area is 158 Å². The van der Waals surface area contributed by atoms with Crippen LogP contribution in [0, 0.1) is 0 Å². The standard InChI is InChI=1S/C22H27NO3/c1-2-17-25-22(18-9-5-3-6-10-18,19-11-7-4-8-12-19)21(24)26-20-13-15-23-16-14-20/h3-12,20,23H,2,13-17H2,1H3/i17D2. The summed E-state index contributed by atoms with van der Waals surface area (Å²) in [6.07, 6.45) is 1.35. The van der Waals surface area contributed by atoms with E-state index in [1.807, 2.05) is 36.4 Å². The van der Waals surface area contributed by atoms with Crippen molar-refractivity contribution >= 4 is 5.97 Å². The van der Waals surface area contributed by atoms with Gasteiger partial charge in [0.25, 0.3) is 0 Å². The third-order valence-electron chi connectivity index (χ3n) is 4.58. The molecule has 138 valence electrons. The number of benzene rings is 2. The molecule has 0 aliphatic carbocycles. The minimum absolute atomic E-state index is 0.106. The van der Waals surface area contributed by atoms with E-state index in [2.05, 4.69) is 5.32 Å². The lowest BCUT2D eigenvalue weighted by Gasteiger charge is -2.35. The fourth-order valence-corrected chi connectivity index (χ4v) is 3.24. The van der Waals surface area contributed by atoms with E-state index >= 15 is 0 Å². The average molecular weight is 355 g/mol. The Morgan fingerprint density at radius 1 is 1.08 bits per heavy atom. The van der Waals surface area contributed by atoms with E-state index in [1.54, 1.807) is 31.2 Å². The highest BCUT2D eigenvalue weighted by atomic mass is 16.6. The molecule has 0 aromatic heterocycles. The van der Waals surface area contributed by atoms with Gasteiger partial charge in [0.15, 0.2) is 0 Å². The van der Waals surface area contributed by atoms with Crippen molar-refractivity contribution < 1.29 is 17.0 Å². The molecule has 0 saturated carbocycles. The summed E-state index contributed by atoms with van der Waals surface area (Å²) >= 11 is 0. The Morgan fingerprint density at radius 2 is 1.62 bits per heavy atom. The summed E-state index contributed by atoms with van der Waals surface area (Å²) in [6, 6.07) is 18.1. The van der Waals surface area contributed by atoms with Crippen molar-refractivity contribution in [3.8, 4) is 0 Å². The second-order valence-electron chi connectivity index (χ2n) is 6.37. The van der Waals surface area contributed by atoms with Crippen LogP contribution in [0.2, 0.25) is 0 Å². The number of hydrogen-bond acceptors (Lipinski definition) is 4. The van der Waals surface area contributed by atoms with Gasteiger partial charge in [0, 0.05) is 6.56 Å². The highest BCUT2D eigenvalue weighted by Gasteiger charge is 2.45. The van der Waals surface area contributed by atoms with Crippen molar-refractivity contribution in [3.05, 3.63) is 71.8 Å². The molecule has 2 aromatic rings. The third kappa shape index (κ3) is 3.97. The van der Waals surface area contributed by atoms with Crippen molar-refractivity contribution in [2.45, 2.75) is 37.9 Å². The van der Waals surface area contributed by atoms with E-state index in [1.165, 1.54) is 0 Å². The topological polar surface area (TPSA) is 47.6 Å². The Balaban J connectivity index is 2.10. The molecule has 26 heavy (non-hydrogen) atoms. The zero-order valence-corrected chi connectivity index (χ0v) is 15.1. The van der Waals surface area contributed by atoms with E-state index < -0.39 is 18.1 Å². The van der Waals surface area contributed by atoms with E-state index in [0.717, 1.165) is 25.9 Å². The maximum Gasteiger partial charge on any atom is 0.348 e. The summed E-state index contributed by atoms with van der Waals surface area (Å²) < 4.78 is 28.4. The molecule has 4 heteroatoms. The molecule has 0 radical (unpaired) electrons. The molecule has 1 fully saturated rings. The van der Waals surface area contributed by atoms with Crippen LogP contribution in [0.1, 0.15) is 40.1 Å². The minimum Gasteiger partial charge on any atom is -0.460 e. The molecule has 0 amide bonds. The second-order valence-corrected chi connectivity index (χ2v) is 6.37. The summed E-state index contributed by atoms with van der Waals surface area (Å²) in [7, 11) is 0. The molecule has 1 heterocycles. The Bertz CT molecular complexity index is 722. The van der Waals surface area contributed by atoms with Crippen LogP contribution < -0.4 is 5.32 Å². The SMILES string of the molecule is [2H]C([2H])(CC)OC(C(=O)OC1CCNCC1)(c1ccccc1)c1ccccc1. The summed E-state index contributed by atoms with van der Waals surface area (Å²) in [5.41, 5.74) is -0.567. The molecule has 0 unspecified atom stereocenters. The van der Waals surface area contributed by atoms with Crippen LogP contribution in [0.3, 0.4) is 0 Å². The van der Waals surface area contributed by atoms with Gasteiger partial charge in [-0.2, -0.15) is 0 Å². The molecular weight excluding hydrogens is 326 g/mol. The molecule has 1 N–H and O–H groups in total. The fourth-order valence-electron chi connectivity index (χ4n) is 3.24. The zero-order chi connectivity index (χ0) is 20.0. The lowest BCUT2D eigenvalue weighted by molar-refractivity contribution is -0.175. The van der Waals surface area contributed by atoms with Crippen LogP contribution in [0.4, 0.5) is 0 Å². The van der Waals surface area contributed by atoms with Crippen LogP contribution in [0.15, 0.2) is 60.7 Å². The molecular formula is C22H27NO3. The first kappa shape index (κ1) is 16.0. The van der Waals surface area contributed by atoms with E-state index in [-0.39, 0.29) is 12.5 Å². The smallest absolute Gasteiger partial charge is 0.348 e. The first-order chi connectivity index (χ1) is 13.5. The molecule has 1 saturated heterocycles.